The number of rotatable bonds is 2. The van der Waals surface area contributed by atoms with E-state index in [4.69, 9.17) is 0 Å². The van der Waals surface area contributed by atoms with Gasteiger partial charge in [-0.1, -0.05) is 11.3 Å². The molecule has 6 heteroatoms. The topological polar surface area (TPSA) is 62.5 Å². The van der Waals surface area contributed by atoms with Gasteiger partial charge in [-0.15, -0.1) is 0 Å². The fourth-order valence-electron chi connectivity index (χ4n) is 3.37. The van der Waals surface area contributed by atoms with Gasteiger partial charge in [-0.05, 0) is 32.6 Å². The van der Waals surface area contributed by atoms with Crippen LogP contribution < -0.4 is 4.87 Å². The summed E-state index contributed by atoms with van der Waals surface area (Å²) in [7, 11) is 0. The number of hydrogen-bond acceptors (Lipinski definition) is 4. The summed E-state index contributed by atoms with van der Waals surface area (Å²) >= 11 is 1.13. The maximum atomic E-state index is 12.4. The zero-order chi connectivity index (χ0) is 13.6. The number of nitrogens with zero attached hydrogens (tertiary/aromatic N) is 2. The van der Waals surface area contributed by atoms with Gasteiger partial charge in [0.2, 0.25) is 5.91 Å². The molecule has 1 aromatic heterocycles. The van der Waals surface area contributed by atoms with Crippen molar-refractivity contribution in [1.29, 1.82) is 0 Å². The highest BCUT2D eigenvalue weighted by atomic mass is 32.1. The summed E-state index contributed by atoms with van der Waals surface area (Å²) in [6.07, 6.45) is 3.04. The van der Waals surface area contributed by atoms with Crippen molar-refractivity contribution in [2.45, 2.75) is 57.3 Å². The third kappa shape index (κ3) is 2.23. The van der Waals surface area contributed by atoms with Crippen LogP contribution in [0.5, 0.6) is 0 Å². The second-order valence-electron chi connectivity index (χ2n) is 5.54. The monoisotopic (exact) mass is 282 g/mol. The van der Waals surface area contributed by atoms with Gasteiger partial charge < -0.3 is 10.0 Å². The fourth-order valence-corrected chi connectivity index (χ4v) is 4.10. The minimum atomic E-state index is -0.271. The van der Waals surface area contributed by atoms with Crippen LogP contribution in [0.3, 0.4) is 0 Å². The number of fused-ring (bicyclic) bond motifs is 2. The molecule has 1 N–H and O–H groups in total. The first-order valence-electron chi connectivity index (χ1n) is 6.70. The van der Waals surface area contributed by atoms with E-state index in [2.05, 4.69) is 0 Å². The fraction of sp³-hybridized carbons (Fsp3) is 0.692. The SMILES string of the molecule is Cc1csc(=O)n1CC(=O)N1C2CCC1CC(O)C2. The van der Waals surface area contributed by atoms with Crippen molar-refractivity contribution in [3.63, 3.8) is 0 Å². The number of hydrogen-bond donors (Lipinski definition) is 1. The van der Waals surface area contributed by atoms with Crippen LogP contribution in [0.1, 0.15) is 31.4 Å². The van der Waals surface area contributed by atoms with Gasteiger partial charge in [-0.3, -0.25) is 14.2 Å². The summed E-state index contributed by atoms with van der Waals surface area (Å²) in [5.41, 5.74) is 0.841. The van der Waals surface area contributed by atoms with Crippen LogP contribution >= 0.6 is 11.3 Å². The van der Waals surface area contributed by atoms with E-state index in [1.54, 1.807) is 5.38 Å². The summed E-state index contributed by atoms with van der Waals surface area (Å²) in [5.74, 6) is 0.0167. The molecular weight excluding hydrogens is 264 g/mol. The predicted octanol–water partition coefficient (Wildman–Crippen LogP) is 0.733. The average molecular weight is 282 g/mol. The van der Waals surface area contributed by atoms with Gasteiger partial charge in [0.15, 0.2) is 0 Å². The molecule has 0 aromatic carbocycles. The van der Waals surface area contributed by atoms with Crippen molar-refractivity contribution in [2.75, 3.05) is 0 Å². The van der Waals surface area contributed by atoms with Gasteiger partial charge in [0.05, 0.1) is 6.10 Å². The van der Waals surface area contributed by atoms with E-state index in [-0.39, 0.29) is 35.5 Å². The highest BCUT2D eigenvalue weighted by molar-refractivity contribution is 7.07. The van der Waals surface area contributed by atoms with Crippen LogP contribution in [0.15, 0.2) is 10.2 Å². The predicted molar refractivity (Wildman–Crippen MR) is 72.2 cm³/mol. The molecule has 2 unspecified atom stereocenters. The molecule has 3 rings (SSSR count). The molecule has 2 bridgehead atoms. The molecule has 2 atom stereocenters. The first-order chi connectivity index (χ1) is 9.06. The van der Waals surface area contributed by atoms with E-state index in [1.807, 2.05) is 11.8 Å². The van der Waals surface area contributed by atoms with Crippen LogP contribution in [-0.2, 0) is 11.3 Å². The smallest absolute Gasteiger partial charge is 0.307 e. The summed E-state index contributed by atoms with van der Waals surface area (Å²) in [5, 5.41) is 11.5. The maximum absolute atomic E-state index is 12.4. The number of aliphatic hydroxyl groups is 1. The standard InChI is InChI=1S/C13H18N2O3S/c1-8-7-19-13(18)14(8)6-12(17)15-9-2-3-10(15)5-11(16)4-9/h7,9-11,16H,2-6H2,1H3. The Morgan fingerprint density at radius 3 is 2.58 bits per heavy atom. The van der Waals surface area contributed by atoms with Crippen molar-refractivity contribution in [3.8, 4) is 0 Å². The quantitative estimate of drug-likeness (QED) is 0.870. The number of aromatic nitrogens is 1. The highest BCUT2D eigenvalue weighted by Crippen LogP contribution is 2.35. The van der Waals surface area contributed by atoms with Crippen LogP contribution in [0, 0.1) is 6.92 Å². The molecule has 0 aliphatic carbocycles. The Labute approximate surface area is 115 Å². The number of aryl methyl sites for hydroxylation is 1. The number of thiazole rings is 1. The molecule has 2 saturated heterocycles. The third-order valence-electron chi connectivity index (χ3n) is 4.27. The largest absolute Gasteiger partial charge is 0.393 e. The number of carbonyl (C=O) groups excluding carboxylic acids is 1. The van der Waals surface area contributed by atoms with Gasteiger partial charge in [0.25, 0.3) is 0 Å². The molecule has 1 amide bonds. The van der Waals surface area contributed by atoms with Gasteiger partial charge in [0.1, 0.15) is 6.54 Å². The Hall–Kier alpha value is -1.14. The summed E-state index contributed by atoms with van der Waals surface area (Å²) in [6, 6.07) is 0.326. The van der Waals surface area contributed by atoms with Gasteiger partial charge >= 0.3 is 4.87 Å². The molecule has 104 valence electrons. The highest BCUT2D eigenvalue weighted by Gasteiger charge is 2.42. The Balaban J connectivity index is 1.77. The van der Waals surface area contributed by atoms with Crippen molar-refractivity contribution in [2.24, 2.45) is 0 Å². The lowest BCUT2D eigenvalue weighted by molar-refractivity contribution is -0.138. The lowest BCUT2D eigenvalue weighted by Crippen LogP contribution is -2.49. The van der Waals surface area contributed by atoms with Crippen LogP contribution in [0.2, 0.25) is 0 Å². The van der Waals surface area contributed by atoms with E-state index in [0.717, 1.165) is 29.9 Å². The maximum Gasteiger partial charge on any atom is 0.307 e. The van der Waals surface area contributed by atoms with Gasteiger partial charge in [-0.25, -0.2) is 0 Å². The molecule has 5 nitrogen and oxygen atoms in total. The number of carbonyl (C=O) groups is 1. The minimum absolute atomic E-state index is 0.0167. The normalized spacial score (nSPS) is 29.8. The Kier molecular flexibility index (Phi) is 3.22. The van der Waals surface area contributed by atoms with E-state index in [9.17, 15) is 14.7 Å². The average Bonchev–Trinajstić information content (AvgIpc) is 2.81. The third-order valence-corrected chi connectivity index (χ3v) is 5.15. The lowest BCUT2D eigenvalue weighted by atomic mass is 10.00. The number of piperidine rings is 1. The number of aliphatic hydroxyl groups excluding tert-OH is 1. The van der Waals surface area contributed by atoms with Crippen molar-refractivity contribution in [1.82, 2.24) is 9.47 Å². The van der Waals surface area contributed by atoms with Crippen LogP contribution in [0.4, 0.5) is 0 Å². The van der Waals surface area contributed by atoms with E-state index in [0.29, 0.717) is 12.8 Å². The Morgan fingerprint density at radius 1 is 1.42 bits per heavy atom. The lowest BCUT2D eigenvalue weighted by Gasteiger charge is -2.37. The Bertz CT molecular complexity index is 536. The first-order valence-corrected chi connectivity index (χ1v) is 7.58. The Morgan fingerprint density at radius 2 is 2.05 bits per heavy atom. The van der Waals surface area contributed by atoms with E-state index >= 15 is 0 Å². The summed E-state index contributed by atoms with van der Waals surface area (Å²) in [6.45, 7) is 1.98. The molecule has 2 aliphatic heterocycles. The van der Waals surface area contributed by atoms with E-state index in [1.165, 1.54) is 4.57 Å². The second-order valence-corrected chi connectivity index (χ2v) is 6.36. The summed E-state index contributed by atoms with van der Waals surface area (Å²) < 4.78 is 1.54. The van der Waals surface area contributed by atoms with Gasteiger partial charge in [-0.2, -0.15) is 0 Å². The molecule has 3 heterocycles. The molecule has 2 aliphatic rings. The minimum Gasteiger partial charge on any atom is -0.393 e. The molecule has 0 spiro atoms. The zero-order valence-corrected chi connectivity index (χ0v) is 11.7. The second kappa shape index (κ2) is 4.76. The molecule has 19 heavy (non-hydrogen) atoms. The molecule has 1 aromatic rings. The summed E-state index contributed by atoms with van der Waals surface area (Å²) in [4.78, 5) is 25.9. The number of amides is 1. The van der Waals surface area contributed by atoms with Crippen molar-refractivity contribution < 1.29 is 9.90 Å². The zero-order valence-electron chi connectivity index (χ0n) is 10.9. The molecule has 0 saturated carbocycles. The molecule has 2 fully saturated rings. The molecule has 0 radical (unpaired) electrons. The van der Waals surface area contributed by atoms with Crippen molar-refractivity contribution in [3.05, 3.63) is 20.7 Å². The van der Waals surface area contributed by atoms with Crippen LogP contribution in [-0.4, -0.2) is 38.7 Å². The van der Waals surface area contributed by atoms with Crippen molar-refractivity contribution >= 4 is 17.2 Å². The van der Waals surface area contributed by atoms with Gasteiger partial charge in [0, 0.05) is 23.2 Å². The van der Waals surface area contributed by atoms with E-state index < -0.39 is 0 Å². The molecular formula is C13H18N2O3S. The first kappa shape index (κ1) is 12.9. The van der Waals surface area contributed by atoms with Crippen LogP contribution in [0.25, 0.3) is 0 Å².